The molecule has 3 aliphatic rings. The van der Waals surface area contributed by atoms with E-state index < -0.39 is 11.3 Å². The van der Waals surface area contributed by atoms with Gasteiger partial charge in [0, 0.05) is 6.42 Å². The standard InChI is InChI=1S/C22H29NO3/c1-21(2)20(24)23(25-16-18-11-7-4-8-12-18)22(26-21)14-13-19(22)15-17-9-5-3-6-10-17/h4,7-8,11-12,15,17H,3,5-6,9-10,13-14,16H2,1-2H3/b19-15+. The molecule has 4 heteroatoms. The van der Waals surface area contributed by atoms with Crippen LogP contribution in [0.15, 0.2) is 42.0 Å². The van der Waals surface area contributed by atoms with Crippen LogP contribution in [0, 0.1) is 5.92 Å². The summed E-state index contributed by atoms with van der Waals surface area (Å²) in [6.45, 7) is 4.07. The van der Waals surface area contributed by atoms with Gasteiger partial charge in [-0.3, -0.25) is 9.63 Å². The van der Waals surface area contributed by atoms with E-state index in [4.69, 9.17) is 9.57 Å². The van der Waals surface area contributed by atoms with Crippen molar-refractivity contribution in [2.45, 2.75) is 76.7 Å². The second kappa shape index (κ2) is 6.82. The molecule has 1 aromatic rings. The number of hydrogen-bond acceptors (Lipinski definition) is 3. The minimum Gasteiger partial charge on any atom is -0.333 e. The monoisotopic (exact) mass is 355 g/mol. The highest BCUT2D eigenvalue weighted by atomic mass is 16.7. The molecule has 0 bridgehead atoms. The van der Waals surface area contributed by atoms with Crippen LogP contribution in [-0.2, 0) is 21.0 Å². The summed E-state index contributed by atoms with van der Waals surface area (Å²) in [6.07, 6.45) is 10.7. The first-order chi connectivity index (χ1) is 12.5. The summed E-state index contributed by atoms with van der Waals surface area (Å²) in [6, 6.07) is 9.98. The van der Waals surface area contributed by atoms with Crippen molar-refractivity contribution >= 4 is 5.91 Å². The molecule has 2 aliphatic carbocycles. The van der Waals surface area contributed by atoms with Crippen LogP contribution in [0.25, 0.3) is 0 Å². The topological polar surface area (TPSA) is 38.8 Å². The summed E-state index contributed by atoms with van der Waals surface area (Å²) in [5.41, 5.74) is 0.754. The Balaban J connectivity index is 1.55. The maximum atomic E-state index is 12.9. The molecule has 1 aliphatic heterocycles. The first-order valence-corrected chi connectivity index (χ1v) is 9.94. The lowest BCUT2D eigenvalue weighted by Gasteiger charge is -2.46. The van der Waals surface area contributed by atoms with Gasteiger partial charge in [0.05, 0.1) is 0 Å². The van der Waals surface area contributed by atoms with Gasteiger partial charge in [-0.05, 0) is 50.2 Å². The second-order valence-corrected chi connectivity index (χ2v) is 8.35. The van der Waals surface area contributed by atoms with Crippen molar-refractivity contribution in [1.29, 1.82) is 0 Å². The van der Waals surface area contributed by atoms with Gasteiger partial charge in [-0.2, -0.15) is 5.06 Å². The second-order valence-electron chi connectivity index (χ2n) is 8.35. The first-order valence-electron chi connectivity index (χ1n) is 9.94. The Kier molecular flexibility index (Phi) is 4.66. The fourth-order valence-electron chi connectivity index (χ4n) is 4.42. The molecule has 1 saturated heterocycles. The van der Waals surface area contributed by atoms with Crippen LogP contribution in [-0.4, -0.2) is 22.3 Å². The van der Waals surface area contributed by atoms with Gasteiger partial charge in [0.15, 0.2) is 5.72 Å². The number of ether oxygens (including phenoxy) is 1. The third kappa shape index (κ3) is 3.10. The van der Waals surface area contributed by atoms with Gasteiger partial charge in [-0.15, -0.1) is 0 Å². The molecule has 3 fully saturated rings. The highest BCUT2D eigenvalue weighted by Crippen LogP contribution is 2.52. The maximum absolute atomic E-state index is 12.9. The van der Waals surface area contributed by atoms with Crippen molar-refractivity contribution < 1.29 is 14.4 Å². The van der Waals surface area contributed by atoms with Crippen molar-refractivity contribution in [3.8, 4) is 0 Å². The lowest BCUT2D eigenvalue weighted by Crippen LogP contribution is -2.53. The molecule has 4 nitrogen and oxygen atoms in total. The van der Waals surface area contributed by atoms with Gasteiger partial charge in [-0.25, -0.2) is 0 Å². The fraction of sp³-hybridized carbons (Fsp3) is 0.591. The van der Waals surface area contributed by atoms with E-state index >= 15 is 0 Å². The van der Waals surface area contributed by atoms with Crippen LogP contribution in [0.4, 0.5) is 0 Å². The van der Waals surface area contributed by atoms with Gasteiger partial charge in [0.1, 0.15) is 12.2 Å². The van der Waals surface area contributed by atoms with E-state index in [0.29, 0.717) is 12.5 Å². The average molecular weight is 355 g/mol. The van der Waals surface area contributed by atoms with Crippen LogP contribution in [0.1, 0.15) is 64.4 Å². The SMILES string of the molecule is CC1(C)OC2(CC/C2=C\C2CCCCC2)N(OCc2ccccc2)C1=O. The van der Waals surface area contributed by atoms with Crippen molar-refractivity contribution in [3.63, 3.8) is 0 Å². The molecule has 1 heterocycles. The van der Waals surface area contributed by atoms with Gasteiger partial charge in [-0.1, -0.05) is 55.7 Å². The summed E-state index contributed by atoms with van der Waals surface area (Å²) >= 11 is 0. The fourth-order valence-corrected chi connectivity index (χ4v) is 4.42. The molecule has 0 radical (unpaired) electrons. The predicted octanol–water partition coefficient (Wildman–Crippen LogP) is 4.75. The van der Waals surface area contributed by atoms with E-state index in [9.17, 15) is 4.79 Å². The third-order valence-corrected chi connectivity index (χ3v) is 5.98. The number of nitrogens with zero attached hydrogens (tertiary/aromatic N) is 1. The largest absolute Gasteiger partial charge is 0.333 e. The van der Waals surface area contributed by atoms with E-state index in [1.807, 2.05) is 44.2 Å². The molecule has 1 spiro atoms. The zero-order valence-electron chi connectivity index (χ0n) is 15.9. The normalized spacial score (nSPS) is 30.2. The lowest BCUT2D eigenvalue weighted by atomic mass is 9.77. The summed E-state index contributed by atoms with van der Waals surface area (Å²) < 4.78 is 6.32. The summed E-state index contributed by atoms with van der Waals surface area (Å²) in [7, 11) is 0. The van der Waals surface area contributed by atoms with Crippen LogP contribution in [0.2, 0.25) is 0 Å². The van der Waals surface area contributed by atoms with E-state index in [-0.39, 0.29) is 5.91 Å². The summed E-state index contributed by atoms with van der Waals surface area (Å²) in [5.74, 6) is 0.539. The maximum Gasteiger partial charge on any atom is 0.280 e. The zero-order valence-corrected chi connectivity index (χ0v) is 15.9. The molecule has 1 aromatic carbocycles. The Morgan fingerprint density at radius 3 is 2.58 bits per heavy atom. The highest BCUT2D eigenvalue weighted by Gasteiger charge is 2.63. The van der Waals surface area contributed by atoms with Gasteiger partial charge < -0.3 is 4.74 Å². The average Bonchev–Trinajstić information content (AvgIpc) is 2.87. The number of rotatable bonds is 4. The number of hydrogen-bond donors (Lipinski definition) is 0. The van der Waals surface area contributed by atoms with E-state index in [0.717, 1.165) is 18.4 Å². The summed E-state index contributed by atoms with van der Waals surface area (Å²) in [5, 5.41) is 1.54. The van der Waals surface area contributed by atoms with Crippen LogP contribution < -0.4 is 0 Å². The van der Waals surface area contributed by atoms with E-state index in [2.05, 4.69) is 6.08 Å². The quantitative estimate of drug-likeness (QED) is 0.732. The molecule has 1 atom stereocenters. The van der Waals surface area contributed by atoms with Gasteiger partial charge in [0.25, 0.3) is 5.91 Å². The molecular formula is C22H29NO3. The number of hydroxylamine groups is 2. The van der Waals surface area contributed by atoms with Gasteiger partial charge >= 0.3 is 0 Å². The van der Waals surface area contributed by atoms with Crippen molar-refractivity contribution in [3.05, 3.63) is 47.5 Å². The Labute approximate surface area is 156 Å². The van der Waals surface area contributed by atoms with Crippen molar-refractivity contribution in [1.82, 2.24) is 5.06 Å². The summed E-state index contributed by atoms with van der Waals surface area (Å²) in [4.78, 5) is 19.0. The van der Waals surface area contributed by atoms with Crippen molar-refractivity contribution in [2.75, 3.05) is 0 Å². The molecule has 0 N–H and O–H groups in total. The molecule has 1 unspecified atom stereocenters. The zero-order chi connectivity index (χ0) is 18.2. The lowest BCUT2D eigenvalue weighted by molar-refractivity contribution is -0.266. The minimum absolute atomic E-state index is 0.0809. The number of carbonyl (C=O) groups is 1. The molecular weight excluding hydrogens is 326 g/mol. The number of allylic oxidation sites excluding steroid dienone is 1. The highest BCUT2D eigenvalue weighted by molar-refractivity contribution is 5.87. The first kappa shape index (κ1) is 17.7. The Morgan fingerprint density at radius 1 is 1.19 bits per heavy atom. The molecule has 26 heavy (non-hydrogen) atoms. The molecule has 4 rings (SSSR count). The number of amides is 1. The van der Waals surface area contributed by atoms with Crippen LogP contribution in [0.3, 0.4) is 0 Å². The molecule has 140 valence electrons. The predicted molar refractivity (Wildman–Crippen MR) is 99.9 cm³/mol. The Bertz CT molecular complexity index is 691. The number of carbonyl (C=O) groups excluding carboxylic acids is 1. The molecule has 1 amide bonds. The van der Waals surface area contributed by atoms with Crippen molar-refractivity contribution in [2.24, 2.45) is 5.92 Å². The number of benzene rings is 1. The van der Waals surface area contributed by atoms with Crippen LogP contribution >= 0.6 is 0 Å². The van der Waals surface area contributed by atoms with Gasteiger partial charge in [0.2, 0.25) is 0 Å². The Morgan fingerprint density at radius 2 is 1.92 bits per heavy atom. The van der Waals surface area contributed by atoms with E-state index in [1.165, 1.54) is 42.7 Å². The van der Waals surface area contributed by atoms with E-state index in [1.54, 1.807) is 0 Å². The van der Waals surface area contributed by atoms with Crippen LogP contribution in [0.5, 0.6) is 0 Å². The minimum atomic E-state index is -0.844. The molecule has 0 aromatic heterocycles. The molecule has 2 saturated carbocycles. The smallest absolute Gasteiger partial charge is 0.280 e. The third-order valence-electron chi connectivity index (χ3n) is 5.98. The Hall–Kier alpha value is -1.65.